The molecule has 0 aliphatic heterocycles. The quantitative estimate of drug-likeness (QED) is 0.620. The third-order valence-corrected chi connectivity index (χ3v) is 5.53. The number of carboxylic acids is 1. The summed E-state index contributed by atoms with van der Waals surface area (Å²) in [5.74, 6) is -5.00. The zero-order chi connectivity index (χ0) is 21.8. The maximum atomic E-state index is 13.4. The fourth-order valence-electron chi connectivity index (χ4n) is 2.57. The van der Waals surface area contributed by atoms with Crippen LogP contribution in [0.2, 0.25) is 0 Å². The van der Waals surface area contributed by atoms with Crippen LogP contribution in [0.4, 0.5) is 22.0 Å². The van der Waals surface area contributed by atoms with Crippen LogP contribution in [0, 0.1) is 11.6 Å². The molecule has 11 heteroatoms. The molecule has 0 fully saturated rings. The van der Waals surface area contributed by atoms with Crippen LogP contribution in [0.15, 0.2) is 48.5 Å². The second-order valence-corrected chi connectivity index (χ2v) is 8.37. The summed E-state index contributed by atoms with van der Waals surface area (Å²) in [4.78, 5) is 11.4. The number of nitrogens with one attached hydrogen (secondary N) is 1. The molecule has 0 saturated carbocycles. The van der Waals surface area contributed by atoms with Gasteiger partial charge in [-0.15, -0.1) is 0 Å². The van der Waals surface area contributed by atoms with Crippen molar-refractivity contribution in [3.05, 3.63) is 71.3 Å². The Morgan fingerprint density at radius 1 is 0.966 bits per heavy atom. The van der Waals surface area contributed by atoms with Crippen LogP contribution in [0.3, 0.4) is 0 Å². The highest BCUT2D eigenvalue weighted by Gasteiger charge is 2.43. The summed E-state index contributed by atoms with van der Waals surface area (Å²) in [6.07, 6.45) is -4.97. The molecule has 0 bridgehead atoms. The Hall–Kier alpha value is -2.53. The fourth-order valence-corrected chi connectivity index (χ4v) is 4.14. The summed E-state index contributed by atoms with van der Waals surface area (Å²) in [7, 11) is -4.16. The molecule has 2 aromatic rings. The Labute approximate surface area is 163 Å². The average molecular weight is 437 g/mol. The van der Waals surface area contributed by atoms with Crippen molar-refractivity contribution in [2.45, 2.75) is 24.0 Å². The third kappa shape index (κ3) is 6.79. The van der Waals surface area contributed by atoms with Gasteiger partial charge in [-0.3, -0.25) is 10.1 Å². The zero-order valence-electron chi connectivity index (χ0n) is 14.7. The van der Waals surface area contributed by atoms with E-state index in [-0.39, 0.29) is 5.56 Å². The second kappa shape index (κ2) is 8.87. The first-order valence-electron chi connectivity index (χ1n) is 8.13. The van der Waals surface area contributed by atoms with Crippen LogP contribution >= 0.6 is 0 Å². The lowest BCUT2D eigenvalue weighted by atomic mass is 10.1. The van der Waals surface area contributed by atoms with Gasteiger partial charge in [0.2, 0.25) is 0 Å². The number of alkyl halides is 3. The number of hydrogen-bond donors (Lipinski definition) is 2. The summed E-state index contributed by atoms with van der Waals surface area (Å²) in [6, 6.07) is 2.95. The van der Waals surface area contributed by atoms with E-state index in [1.165, 1.54) is 12.1 Å². The molecule has 0 spiro atoms. The summed E-state index contributed by atoms with van der Waals surface area (Å²) >= 11 is 0. The number of aliphatic carboxylic acids is 1. The highest BCUT2D eigenvalue weighted by molar-refractivity contribution is 7.90. The fraction of sp³-hybridized carbons (Fsp3) is 0.278. The Morgan fingerprint density at radius 2 is 1.45 bits per heavy atom. The van der Waals surface area contributed by atoms with Crippen LogP contribution in [-0.2, 0) is 20.4 Å². The van der Waals surface area contributed by atoms with Crippen LogP contribution in [0.1, 0.15) is 17.2 Å². The summed E-state index contributed by atoms with van der Waals surface area (Å²) in [6.45, 7) is 0. The number of carbonyl (C=O) groups is 1. The normalized spacial score (nSPS) is 14.4. The topological polar surface area (TPSA) is 83.5 Å². The maximum absolute atomic E-state index is 13.4. The van der Waals surface area contributed by atoms with E-state index in [9.17, 15) is 40.3 Å². The first-order valence-corrected chi connectivity index (χ1v) is 9.95. The van der Waals surface area contributed by atoms with E-state index >= 15 is 0 Å². The molecule has 0 aliphatic carbocycles. The highest BCUT2D eigenvalue weighted by atomic mass is 32.2. The van der Waals surface area contributed by atoms with Crippen molar-refractivity contribution >= 4 is 15.8 Å². The van der Waals surface area contributed by atoms with E-state index < -0.39 is 62.8 Å². The van der Waals surface area contributed by atoms with Gasteiger partial charge in [0.1, 0.15) is 23.7 Å². The number of hydrogen-bond acceptors (Lipinski definition) is 4. The first kappa shape index (κ1) is 22.8. The van der Waals surface area contributed by atoms with E-state index in [4.69, 9.17) is 0 Å². The van der Waals surface area contributed by atoms with Gasteiger partial charge in [-0.05, 0) is 35.4 Å². The lowest BCUT2D eigenvalue weighted by Gasteiger charge is -2.26. The molecule has 1 unspecified atom stereocenters. The molecular formula is C18H16F5NO4S. The molecule has 0 saturated heterocycles. The van der Waals surface area contributed by atoms with E-state index in [1.54, 1.807) is 5.32 Å². The van der Waals surface area contributed by atoms with Crippen LogP contribution in [0.5, 0.6) is 0 Å². The van der Waals surface area contributed by atoms with E-state index in [0.717, 1.165) is 36.4 Å². The van der Waals surface area contributed by atoms with Crippen molar-refractivity contribution in [2.75, 3.05) is 5.75 Å². The van der Waals surface area contributed by atoms with Gasteiger partial charge in [0.25, 0.3) is 0 Å². The van der Waals surface area contributed by atoms with Gasteiger partial charge in [-0.1, -0.05) is 24.3 Å². The molecule has 2 N–H and O–H groups in total. The smallest absolute Gasteiger partial charge is 0.407 e. The van der Waals surface area contributed by atoms with Crippen molar-refractivity contribution in [3.8, 4) is 0 Å². The largest absolute Gasteiger partial charge is 0.480 e. The Morgan fingerprint density at radius 3 is 1.90 bits per heavy atom. The van der Waals surface area contributed by atoms with Crippen molar-refractivity contribution in [3.63, 3.8) is 0 Å². The molecule has 2 aromatic carbocycles. The zero-order valence-corrected chi connectivity index (χ0v) is 15.5. The predicted octanol–water partition coefficient (Wildman–Crippen LogP) is 3.23. The molecule has 158 valence electrons. The highest BCUT2D eigenvalue weighted by Crippen LogP contribution is 2.33. The minimum atomic E-state index is -4.97. The van der Waals surface area contributed by atoms with Crippen LogP contribution in [0.25, 0.3) is 0 Å². The number of benzene rings is 2. The first-order chi connectivity index (χ1) is 13.4. The van der Waals surface area contributed by atoms with Gasteiger partial charge >= 0.3 is 12.1 Å². The lowest BCUT2D eigenvalue weighted by Crippen LogP contribution is -2.48. The predicted molar refractivity (Wildman–Crippen MR) is 93.6 cm³/mol. The van der Waals surface area contributed by atoms with Crippen molar-refractivity contribution in [1.29, 1.82) is 0 Å². The van der Waals surface area contributed by atoms with E-state index in [2.05, 4.69) is 0 Å². The molecule has 2 atom stereocenters. The summed E-state index contributed by atoms with van der Waals surface area (Å²) in [5, 5.41) is 11.0. The molecule has 0 amide bonds. The molecule has 0 aliphatic rings. The van der Waals surface area contributed by atoms with E-state index in [1.807, 2.05) is 0 Å². The van der Waals surface area contributed by atoms with Gasteiger partial charge < -0.3 is 5.11 Å². The number of halogens is 5. The Balaban J connectivity index is 2.23. The number of sulfone groups is 1. The van der Waals surface area contributed by atoms with E-state index in [0.29, 0.717) is 0 Å². The molecule has 0 aromatic heterocycles. The molecule has 0 heterocycles. The average Bonchev–Trinajstić information content (AvgIpc) is 2.60. The van der Waals surface area contributed by atoms with Crippen molar-refractivity contribution in [2.24, 2.45) is 0 Å². The Bertz CT molecular complexity index is 944. The third-order valence-electron chi connectivity index (χ3n) is 3.92. The monoisotopic (exact) mass is 437 g/mol. The summed E-state index contributed by atoms with van der Waals surface area (Å²) in [5.41, 5.74) is -0.317. The number of carboxylic acid groups (broad SMARTS) is 1. The molecule has 0 radical (unpaired) electrons. The molecule has 2 rings (SSSR count). The maximum Gasteiger partial charge on any atom is 0.407 e. The van der Waals surface area contributed by atoms with Gasteiger partial charge in [-0.25, -0.2) is 17.2 Å². The molecule has 29 heavy (non-hydrogen) atoms. The van der Waals surface area contributed by atoms with Crippen molar-refractivity contribution in [1.82, 2.24) is 5.32 Å². The standard InChI is InChI=1S/C18H16F5NO4S/c19-13-5-1-11(2-6-13)9-29(27,28)10-15(17(25)26)24-16(18(21,22)23)12-3-7-14(20)8-4-12/h1-8,15-16,24H,9-10H2,(H,25,26)/t15?,16-/m1/s1. The van der Waals surface area contributed by atoms with Gasteiger partial charge in [0.15, 0.2) is 9.84 Å². The minimum Gasteiger partial charge on any atom is -0.480 e. The van der Waals surface area contributed by atoms with Crippen molar-refractivity contribution < 1.29 is 40.3 Å². The van der Waals surface area contributed by atoms with Crippen LogP contribution < -0.4 is 5.32 Å². The second-order valence-electron chi connectivity index (χ2n) is 6.26. The van der Waals surface area contributed by atoms with Gasteiger partial charge in [-0.2, -0.15) is 13.2 Å². The number of rotatable bonds is 8. The lowest BCUT2D eigenvalue weighted by molar-refractivity contribution is -0.162. The van der Waals surface area contributed by atoms with Crippen LogP contribution in [-0.4, -0.2) is 37.5 Å². The minimum absolute atomic E-state index is 0.154. The SMILES string of the molecule is O=C(O)C(CS(=O)(=O)Cc1ccc(F)cc1)N[C@H](c1ccc(F)cc1)C(F)(F)F. The molecule has 5 nitrogen and oxygen atoms in total. The van der Waals surface area contributed by atoms with Gasteiger partial charge in [0.05, 0.1) is 11.5 Å². The molecular weight excluding hydrogens is 421 g/mol. The van der Waals surface area contributed by atoms with Gasteiger partial charge in [0, 0.05) is 0 Å². The summed E-state index contributed by atoms with van der Waals surface area (Å²) < 4.78 is 90.7. The Kier molecular flexibility index (Phi) is 6.96.